The molecule has 0 radical (unpaired) electrons. The Morgan fingerprint density at radius 2 is 1.80 bits per heavy atom. The van der Waals surface area contributed by atoms with Gasteiger partial charge in [0.15, 0.2) is 0 Å². The smallest absolute Gasteiger partial charge is 0.257 e. The Morgan fingerprint density at radius 3 is 2.53 bits per heavy atom. The molecule has 1 saturated carbocycles. The van der Waals surface area contributed by atoms with Gasteiger partial charge in [-0.3, -0.25) is 14.6 Å². The molecule has 0 bridgehead atoms. The number of fused-ring (bicyclic) bond motifs is 1. The zero-order valence-corrected chi connectivity index (χ0v) is 28.8. The zero-order valence-electron chi connectivity index (χ0n) is 28.8. The maximum atomic E-state index is 15.4. The van der Waals surface area contributed by atoms with Crippen molar-refractivity contribution in [3.63, 3.8) is 0 Å². The van der Waals surface area contributed by atoms with Gasteiger partial charge in [-0.2, -0.15) is 0 Å². The standard InChI is InChI=1S/C39H49FN6O3/c1-25-6-4-8-33(40)36(25)39(48)46-35-9-5-7-27(35)23-32(37(46)26-10-12-29(13-11-26)43-30-16-20-49-21-17-30)38(47)44-31-14-15-34(41)28(22-31)24-42-18-19-45(2)3/h4,6,8,10-15,22,24,27,30,32,35,37,43H,5,7,9,16-21,23,41H2,1-3H3,(H,44,47)/t27-,32+,35-,37+/m1/s1. The number of hydrogen-bond acceptors (Lipinski definition) is 7. The molecule has 6 rings (SSSR count). The van der Waals surface area contributed by atoms with Crippen LogP contribution in [-0.4, -0.2) is 80.3 Å². The molecule has 4 N–H and O–H groups in total. The van der Waals surface area contributed by atoms with Crippen LogP contribution in [0.3, 0.4) is 0 Å². The molecule has 3 aliphatic rings. The van der Waals surface area contributed by atoms with Crippen LogP contribution in [0.25, 0.3) is 0 Å². The minimum absolute atomic E-state index is 0.0775. The normalized spacial score (nSPS) is 22.8. The predicted molar refractivity (Wildman–Crippen MR) is 194 cm³/mol. The summed E-state index contributed by atoms with van der Waals surface area (Å²) in [6.45, 7) is 4.69. The molecule has 2 amide bonds. The van der Waals surface area contributed by atoms with Crippen molar-refractivity contribution in [3.05, 3.63) is 88.7 Å². The van der Waals surface area contributed by atoms with E-state index in [2.05, 4.69) is 20.5 Å². The van der Waals surface area contributed by atoms with Crippen LogP contribution >= 0.6 is 0 Å². The van der Waals surface area contributed by atoms with Crippen LogP contribution in [0.1, 0.15) is 71.6 Å². The number of aliphatic imine (C=N–C) groups is 1. The number of piperidine rings is 1. The molecular weight excluding hydrogens is 619 g/mol. The Labute approximate surface area is 289 Å². The van der Waals surface area contributed by atoms with Crippen LogP contribution in [0.5, 0.6) is 0 Å². The summed E-state index contributed by atoms with van der Waals surface area (Å²) >= 11 is 0. The molecule has 0 aromatic heterocycles. The highest BCUT2D eigenvalue weighted by atomic mass is 19.1. The van der Waals surface area contributed by atoms with Gasteiger partial charge in [0.05, 0.1) is 24.1 Å². The van der Waals surface area contributed by atoms with E-state index >= 15 is 4.39 Å². The van der Waals surface area contributed by atoms with Gasteiger partial charge >= 0.3 is 0 Å². The van der Waals surface area contributed by atoms with Crippen molar-refractivity contribution in [2.45, 2.75) is 63.6 Å². The summed E-state index contributed by atoms with van der Waals surface area (Å²) in [5, 5.41) is 6.76. The quantitative estimate of drug-likeness (QED) is 0.173. The van der Waals surface area contributed by atoms with Crippen LogP contribution in [-0.2, 0) is 9.53 Å². The number of carbonyl (C=O) groups is 2. The van der Waals surface area contributed by atoms with E-state index < -0.39 is 17.8 Å². The van der Waals surface area contributed by atoms with Gasteiger partial charge < -0.3 is 30.9 Å². The monoisotopic (exact) mass is 668 g/mol. The van der Waals surface area contributed by atoms with Gasteiger partial charge in [0, 0.05) is 60.7 Å². The minimum Gasteiger partial charge on any atom is -0.398 e. The number of nitrogens with two attached hydrogens (primary N) is 1. The molecule has 4 atom stereocenters. The van der Waals surface area contributed by atoms with Crippen molar-refractivity contribution in [2.75, 3.05) is 56.8 Å². The van der Waals surface area contributed by atoms with E-state index in [4.69, 9.17) is 10.5 Å². The highest BCUT2D eigenvalue weighted by Gasteiger charge is 2.50. The van der Waals surface area contributed by atoms with E-state index in [9.17, 15) is 9.59 Å². The van der Waals surface area contributed by atoms with Gasteiger partial charge in [-0.25, -0.2) is 4.39 Å². The fourth-order valence-electron chi connectivity index (χ4n) is 7.74. The number of amides is 2. The topological polar surface area (TPSA) is 112 Å². The van der Waals surface area contributed by atoms with Crippen LogP contribution in [0.2, 0.25) is 0 Å². The second kappa shape index (κ2) is 15.5. The summed E-state index contributed by atoms with van der Waals surface area (Å²) in [6.07, 6.45) is 6.96. The van der Waals surface area contributed by atoms with E-state index in [0.29, 0.717) is 35.9 Å². The van der Waals surface area contributed by atoms with Crippen LogP contribution in [0, 0.1) is 24.6 Å². The number of nitrogens with zero attached hydrogens (tertiary/aromatic N) is 3. The molecule has 2 heterocycles. The first-order valence-corrected chi connectivity index (χ1v) is 17.6. The first-order chi connectivity index (χ1) is 23.7. The maximum absolute atomic E-state index is 15.4. The molecule has 9 nitrogen and oxygen atoms in total. The van der Waals surface area contributed by atoms with E-state index in [1.54, 1.807) is 37.4 Å². The summed E-state index contributed by atoms with van der Waals surface area (Å²) in [5.41, 5.74) is 10.7. The molecule has 2 saturated heterocycles. The number of aryl methyl sites for hydroxylation is 1. The van der Waals surface area contributed by atoms with Crippen molar-refractivity contribution in [3.8, 4) is 0 Å². The molecule has 2 aliphatic heterocycles. The highest BCUT2D eigenvalue weighted by Crippen LogP contribution is 2.49. The number of hydrogen-bond donors (Lipinski definition) is 3. The van der Waals surface area contributed by atoms with Gasteiger partial charge in [0.1, 0.15) is 5.82 Å². The average molecular weight is 669 g/mol. The van der Waals surface area contributed by atoms with Crippen LogP contribution < -0.4 is 16.4 Å². The zero-order chi connectivity index (χ0) is 34.5. The molecule has 0 unspecified atom stereocenters. The van der Waals surface area contributed by atoms with Crippen molar-refractivity contribution in [2.24, 2.45) is 16.8 Å². The van der Waals surface area contributed by atoms with Crippen molar-refractivity contribution in [1.29, 1.82) is 0 Å². The molecule has 10 heteroatoms. The Kier molecular flexibility index (Phi) is 10.9. The Hall–Kier alpha value is -4.28. The number of carbonyl (C=O) groups excluding carboxylic acids is 2. The van der Waals surface area contributed by atoms with Gasteiger partial charge in [0.2, 0.25) is 5.91 Å². The first-order valence-electron chi connectivity index (χ1n) is 17.6. The number of likely N-dealkylation sites (tertiary alicyclic amines) is 1. The van der Waals surface area contributed by atoms with E-state index in [0.717, 1.165) is 68.7 Å². The first kappa shape index (κ1) is 34.6. The molecule has 3 aromatic carbocycles. The maximum Gasteiger partial charge on any atom is 0.257 e. The average Bonchev–Trinajstić information content (AvgIpc) is 3.56. The number of likely N-dealkylation sites (N-methyl/N-ethyl adjacent to an activating group) is 1. The van der Waals surface area contributed by atoms with Crippen molar-refractivity contribution in [1.82, 2.24) is 9.80 Å². The van der Waals surface area contributed by atoms with E-state index in [-0.39, 0.29) is 29.3 Å². The summed E-state index contributed by atoms with van der Waals surface area (Å²) in [6, 6.07) is 17.9. The molecule has 0 spiro atoms. The summed E-state index contributed by atoms with van der Waals surface area (Å²) < 4.78 is 20.9. The fraction of sp³-hybridized carbons (Fsp3) is 0.462. The van der Waals surface area contributed by atoms with Gasteiger partial charge in [0.25, 0.3) is 5.91 Å². The largest absolute Gasteiger partial charge is 0.398 e. The Bertz CT molecular complexity index is 1630. The predicted octanol–water partition coefficient (Wildman–Crippen LogP) is 6.30. The summed E-state index contributed by atoms with van der Waals surface area (Å²) in [4.78, 5) is 37.4. The molecular formula is C39H49FN6O3. The summed E-state index contributed by atoms with van der Waals surface area (Å²) in [5.74, 6) is -1.49. The number of nitrogen functional groups attached to an aromatic ring is 1. The molecule has 3 aromatic rings. The second-order valence-corrected chi connectivity index (χ2v) is 14.0. The van der Waals surface area contributed by atoms with Gasteiger partial charge in [-0.1, -0.05) is 30.7 Å². The lowest BCUT2D eigenvalue weighted by Crippen LogP contribution is -2.54. The molecule has 49 heavy (non-hydrogen) atoms. The van der Waals surface area contributed by atoms with Crippen molar-refractivity contribution >= 4 is 35.1 Å². The molecule has 1 aliphatic carbocycles. The lowest BCUT2D eigenvalue weighted by molar-refractivity contribution is -0.125. The highest BCUT2D eigenvalue weighted by molar-refractivity contribution is 5.99. The molecule has 3 fully saturated rings. The van der Waals surface area contributed by atoms with Gasteiger partial charge in [-0.15, -0.1) is 0 Å². The fourth-order valence-corrected chi connectivity index (χ4v) is 7.74. The number of rotatable bonds is 10. The van der Waals surface area contributed by atoms with Gasteiger partial charge in [-0.05, 0) is 107 Å². The number of ether oxygens (including phenoxy) is 1. The summed E-state index contributed by atoms with van der Waals surface area (Å²) in [7, 11) is 3.99. The third kappa shape index (κ3) is 7.97. The van der Waals surface area contributed by atoms with Crippen LogP contribution in [0.15, 0.2) is 65.7 Å². The number of benzene rings is 3. The molecule has 260 valence electrons. The van der Waals surface area contributed by atoms with Crippen molar-refractivity contribution < 1.29 is 18.7 Å². The van der Waals surface area contributed by atoms with Crippen LogP contribution in [0.4, 0.5) is 21.5 Å². The van der Waals surface area contributed by atoms with E-state index in [1.165, 1.54) is 6.07 Å². The lowest BCUT2D eigenvalue weighted by Gasteiger charge is -2.48. The number of nitrogens with one attached hydrogen (secondary N) is 2. The third-order valence-electron chi connectivity index (χ3n) is 10.3. The lowest BCUT2D eigenvalue weighted by atomic mass is 9.76. The number of anilines is 3. The Morgan fingerprint density at radius 1 is 1.04 bits per heavy atom. The second-order valence-electron chi connectivity index (χ2n) is 14.0. The SMILES string of the molecule is Cc1cccc(F)c1C(=O)N1[C@@H]2CCC[C@@H]2C[C@H](C(=O)Nc2ccc(N)c(C=NCCN(C)C)c2)[C@@H]1c1ccc(NC2CCOCC2)cc1. The third-order valence-corrected chi connectivity index (χ3v) is 10.3. The van der Waals surface area contributed by atoms with E-state index in [1.807, 2.05) is 49.3 Å². The Balaban J connectivity index is 1.34. The minimum atomic E-state index is -0.580. The number of halogens is 1.